The average molecular weight is 459 g/mol. The van der Waals surface area contributed by atoms with Crippen LogP contribution in [0, 0.1) is 13.8 Å². The summed E-state index contributed by atoms with van der Waals surface area (Å²) >= 11 is 7.59. The van der Waals surface area contributed by atoms with Gasteiger partial charge in [-0.1, -0.05) is 41.1 Å². The van der Waals surface area contributed by atoms with E-state index in [0.717, 1.165) is 22.5 Å². The highest BCUT2D eigenvalue weighted by Gasteiger charge is 2.41. The molecule has 2 heterocycles. The zero-order chi connectivity index (χ0) is 22.1. The standard InChI is InChI=1S/C22H23ClN4O3S/c1-13-4-6-17(14(2)8-13)25-20(28)10-19-21(29)27-12-26(11-24-22(27)31-19)15-5-7-18(30-3)16(23)9-15/h4-9,19H,10-12H2,1-3H3,(H,25,28)/t19-/m1/s1. The van der Waals surface area contributed by atoms with E-state index in [0.29, 0.717) is 29.3 Å². The van der Waals surface area contributed by atoms with Crippen molar-refractivity contribution in [1.29, 1.82) is 0 Å². The van der Waals surface area contributed by atoms with Gasteiger partial charge in [0.05, 0.1) is 12.1 Å². The predicted molar refractivity (Wildman–Crippen MR) is 125 cm³/mol. The lowest BCUT2D eigenvalue weighted by Crippen LogP contribution is -2.46. The van der Waals surface area contributed by atoms with Crippen molar-refractivity contribution in [3.63, 3.8) is 0 Å². The second-order valence-corrected chi connectivity index (χ2v) is 9.10. The zero-order valence-electron chi connectivity index (χ0n) is 17.5. The molecule has 0 bridgehead atoms. The number of ether oxygens (including phenoxy) is 1. The van der Waals surface area contributed by atoms with Crippen molar-refractivity contribution < 1.29 is 14.3 Å². The molecule has 0 saturated carbocycles. The van der Waals surface area contributed by atoms with Crippen LogP contribution in [0.3, 0.4) is 0 Å². The molecular weight excluding hydrogens is 436 g/mol. The van der Waals surface area contributed by atoms with Gasteiger partial charge in [0.15, 0.2) is 5.17 Å². The maximum atomic E-state index is 13.0. The summed E-state index contributed by atoms with van der Waals surface area (Å²) in [5.74, 6) is 0.301. The van der Waals surface area contributed by atoms with Crippen LogP contribution in [0.5, 0.6) is 5.75 Å². The van der Waals surface area contributed by atoms with Crippen molar-refractivity contribution in [2.45, 2.75) is 25.5 Å². The Morgan fingerprint density at radius 2 is 2.10 bits per heavy atom. The van der Waals surface area contributed by atoms with Crippen LogP contribution in [0.1, 0.15) is 17.5 Å². The molecule has 0 aliphatic carbocycles. The third-order valence-electron chi connectivity index (χ3n) is 5.24. The fraction of sp³-hybridized carbons (Fsp3) is 0.318. The SMILES string of the molecule is COc1ccc(N2CN=C3S[C@H](CC(=O)Nc4ccc(C)cc4C)C(=O)N3C2)cc1Cl. The van der Waals surface area contributed by atoms with Crippen LogP contribution in [-0.4, -0.2) is 47.6 Å². The molecule has 2 aliphatic heterocycles. The largest absolute Gasteiger partial charge is 0.495 e. The number of carbonyl (C=O) groups is 2. The van der Waals surface area contributed by atoms with E-state index in [1.807, 2.05) is 43.0 Å². The highest BCUT2D eigenvalue weighted by molar-refractivity contribution is 8.15. The zero-order valence-corrected chi connectivity index (χ0v) is 19.1. The normalized spacial score (nSPS) is 18.0. The van der Waals surface area contributed by atoms with E-state index in [1.54, 1.807) is 24.1 Å². The third kappa shape index (κ3) is 4.50. The number of fused-ring (bicyclic) bond motifs is 1. The van der Waals surface area contributed by atoms with Crippen LogP contribution >= 0.6 is 23.4 Å². The van der Waals surface area contributed by atoms with E-state index in [9.17, 15) is 9.59 Å². The van der Waals surface area contributed by atoms with E-state index < -0.39 is 5.25 Å². The number of carbonyl (C=O) groups excluding carboxylic acids is 2. The lowest BCUT2D eigenvalue weighted by Gasteiger charge is -2.32. The number of nitrogens with zero attached hydrogens (tertiary/aromatic N) is 3. The fourth-order valence-electron chi connectivity index (χ4n) is 3.59. The third-order valence-corrected chi connectivity index (χ3v) is 6.74. The maximum absolute atomic E-state index is 13.0. The van der Waals surface area contributed by atoms with Gasteiger partial charge in [-0.25, -0.2) is 4.99 Å². The van der Waals surface area contributed by atoms with Gasteiger partial charge in [-0.15, -0.1) is 0 Å². The Kier molecular flexibility index (Phi) is 6.11. The first-order chi connectivity index (χ1) is 14.9. The molecule has 1 saturated heterocycles. The summed E-state index contributed by atoms with van der Waals surface area (Å²) in [6.45, 7) is 4.73. The number of rotatable bonds is 5. The van der Waals surface area contributed by atoms with Crippen LogP contribution < -0.4 is 15.0 Å². The summed E-state index contributed by atoms with van der Waals surface area (Å²) in [7, 11) is 1.56. The van der Waals surface area contributed by atoms with E-state index in [1.165, 1.54) is 11.8 Å². The predicted octanol–water partition coefficient (Wildman–Crippen LogP) is 4.03. The van der Waals surface area contributed by atoms with Gasteiger partial charge < -0.3 is 15.0 Å². The van der Waals surface area contributed by atoms with Gasteiger partial charge in [0, 0.05) is 17.8 Å². The first-order valence-corrected chi connectivity index (χ1v) is 11.1. The van der Waals surface area contributed by atoms with Crippen molar-refractivity contribution in [2.24, 2.45) is 4.99 Å². The molecule has 2 aromatic rings. The number of methoxy groups -OCH3 is 1. The molecule has 1 atom stereocenters. The molecule has 2 aromatic carbocycles. The molecular formula is C22H23ClN4O3S. The van der Waals surface area contributed by atoms with Gasteiger partial charge in [0.25, 0.3) is 0 Å². The molecule has 1 fully saturated rings. The van der Waals surface area contributed by atoms with Crippen LogP contribution in [0.2, 0.25) is 5.02 Å². The van der Waals surface area contributed by atoms with E-state index in [4.69, 9.17) is 16.3 Å². The van der Waals surface area contributed by atoms with Crippen molar-refractivity contribution in [3.05, 3.63) is 52.5 Å². The number of amidine groups is 1. The number of hydrogen-bond donors (Lipinski definition) is 1. The van der Waals surface area contributed by atoms with Gasteiger partial charge >= 0.3 is 0 Å². The van der Waals surface area contributed by atoms with E-state index in [2.05, 4.69) is 10.3 Å². The number of nitrogens with one attached hydrogen (secondary N) is 1. The average Bonchev–Trinajstić information content (AvgIpc) is 3.04. The molecule has 31 heavy (non-hydrogen) atoms. The molecule has 9 heteroatoms. The minimum Gasteiger partial charge on any atom is -0.495 e. The number of amides is 2. The van der Waals surface area contributed by atoms with Gasteiger partial charge in [-0.2, -0.15) is 0 Å². The Labute approximate surface area is 190 Å². The second kappa shape index (κ2) is 8.80. The molecule has 162 valence electrons. The summed E-state index contributed by atoms with van der Waals surface area (Å²) in [6, 6.07) is 11.3. The number of thioether (sulfide) groups is 1. The molecule has 0 aromatic heterocycles. The summed E-state index contributed by atoms with van der Waals surface area (Å²) in [5, 5.41) is 3.59. The Hall–Kier alpha value is -2.71. The highest BCUT2D eigenvalue weighted by atomic mass is 35.5. The summed E-state index contributed by atoms with van der Waals surface area (Å²) in [5.41, 5.74) is 3.75. The minimum absolute atomic E-state index is 0.0979. The smallest absolute Gasteiger partial charge is 0.244 e. The molecule has 0 unspecified atom stereocenters. The number of benzene rings is 2. The van der Waals surface area contributed by atoms with Crippen molar-refractivity contribution in [1.82, 2.24) is 4.90 Å². The summed E-state index contributed by atoms with van der Waals surface area (Å²) in [4.78, 5) is 33.6. The quantitative estimate of drug-likeness (QED) is 0.732. The summed E-state index contributed by atoms with van der Waals surface area (Å²) in [6.07, 6.45) is 0.0979. The summed E-state index contributed by atoms with van der Waals surface area (Å²) < 4.78 is 5.20. The molecule has 2 amide bonds. The molecule has 7 nitrogen and oxygen atoms in total. The van der Waals surface area contributed by atoms with E-state index in [-0.39, 0.29) is 18.2 Å². The van der Waals surface area contributed by atoms with Gasteiger partial charge in [0.1, 0.15) is 24.3 Å². The van der Waals surface area contributed by atoms with Crippen LogP contribution in [0.4, 0.5) is 11.4 Å². The number of halogens is 1. The first-order valence-electron chi connectivity index (χ1n) is 9.84. The minimum atomic E-state index is -0.482. The van der Waals surface area contributed by atoms with Crippen molar-refractivity contribution in [3.8, 4) is 5.75 Å². The van der Waals surface area contributed by atoms with Gasteiger partial charge in [-0.05, 0) is 43.7 Å². The van der Waals surface area contributed by atoms with Crippen molar-refractivity contribution >= 4 is 51.7 Å². The molecule has 2 aliphatic rings. The number of aliphatic imine (C=N–C) groups is 1. The fourth-order valence-corrected chi connectivity index (χ4v) is 4.97. The molecule has 1 N–H and O–H groups in total. The van der Waals surface area contributed by atoms with Gasteiger partial charge in [0.2, 0.25) is 11.8 Å². The van der Waals surface area contributed by atoms with Crippen LogP contribution in [0.15, 0.2) is 41.4 Å². The van der Waals surface area contributed by atoms with Crippen molar-refractivity contribution in [2.75, 3.05) is 30.7 Å². The molecule has 0 radical (unpaired) electrons. The monoisotopic (exact) mass is 458 g/mol. The lowest BCUT2D eigenvalue weighted by atomic mass is 10.1. The molecule has 0 spiro atoms. The van der Waals surface area contributed by atoms with Crippen LogP contribution in [0.25, 0.3) is 0 Å². The topological polar surface area (TPSA) is 74.2 Å². The second-order valence-electron chi connectivity index (χ2n) is 7.53. The number of anilines is 2. The number of hydrogen-bond acceptors (Lipinski definition) is 6. The first kappa shape index (κ1) is 21.5. The highest BCUT2D eigenvalue weighted by Crippen LogP contribution is 2.35. The maximum Gasteiger partial charge on any atom is 0.244 e. The van der Waals surface area contributed by atoms with Gasteiger partial charge in [-0.3, -0.25) is 14.5 Å². The van der Waals surface area contributed by atoms with Crippen LogP contribution in [-0.2, 0) is 9.59 Å². The Bertz CT molecular complexity index is 1070. The Balaban J connectivity index is 1.41. The Morgan fingerprint density at radius 3 is 2.81 bits per heavy atom. The Morgan fingerprint density at radius 1 is 1.29 bits per heavy atom. The van der Waals surface area contributed by atoms with E-state index >= 15 is 0 Å². The molecule has 4 rings (SSSR count). The lowest BCUT2D eigenvalue weighted by molar-refractivity contribution is -0.128. The number of aryl methyl sites for hydroxylation is 2.